The first kappa shape index (κ1) is 16.0. The van der Waals surface area contributed by atoms with Crippen molar-refractivity contribution in [3.05, 3.63) is 27.4 Å². The summed E-state index contributed by atoms with van der Waals surface area (Å²) in [6.07, 6.45) is 3.86. The minimum Gasteiger partial charge on any atom is -0.481 e. The van der Waals surface area contributed by atoms with Crippen LogP contribution < -0.4 is 5.32 Å². The summed E-state index contributed by atoms with van der Waals surface area (Å²) >= 11 is 7.17. The summed E-state index contributed by atoms with van der Waals surface area (Å²) < 4.78 is 5.84. The van der Waals surface area contributed by atoms with Crippen LogP contribution in [0.5, 0.6) is 0 Å². The van der Waals surface area contributed by atoms with E-state index in [1.807, 2.05) is 6.07 Å². The second-order valence-corrected chi connectivity index (χ2v) is 6.64. The molecule has 21 heavy (non-hydrogen) atoms. The predicted molar refractivity (Wildman–Crippen MR) is 81.5 cm³/mol. The molecule has 1 aliphatic heterocycles. The largest absolute Gasteiger partial charge is 0.481 e. The maximum Gasteiger partial charge on any atom is 0.311 e. The fourth-order valence-corrected chi connectivity index (χ4v) is 3.08. The number of carbonyl (C=O) groups is 2. The zero-order valence-electron chi connectivity index (χ0n) is 11.3. The molecular weight excluding hydrogens is 314 g/mol. The SMILES string of the molecule is O=C(/C=C/c1ccc(Cl)s1)NCC1(C(=O)O)CCOCC1. The first-order chi connectivity index (χ1) is 10.0. The Kier molecular flexibility index (Phi) is 5.39. The Morgan fingerprint density at radius 1 is 1.43 bits per heavy atom. The number of carboxylic acids is 1. The lowest BCUT2D eigenvalue weighted by Gasteiger charge is -2.32. The second kappa shape index (κ2) is 7.06. The van der Waals surface area contributed by atoms with Crippen LogP contribution in [0.15, 0.2) is 18.2 Å². The van der Waals surface area contributed by atoms with Gasteiger partial charge in [-0.05, 0) is 31.1 Å². The molecule has 1 aromatic heterocycles. The topological polar surface area (TPSA) is 75.6 Å². The van der Waals surface area contributed by atoms with Crippen LogP contribution >= 0.6 is 22.9 Å². The van der Waals surface area contributed by atoms with Crippen LogP contribution in [0.25, 0.3) is 6.08 Å². The molecule has 0 bridgehead atoms. The molecular formula is C14H16ClNO4S. The lowest BCUT2D eigenvalue weighted by molar-refractivity contribution is -0.154. The first-order valence-corrected chi connectivity index (χ1v) is 7.74. The van der Waals surface area contributed by atoms with E-state index in [1.54, 1.807) is 12.1 Å². The van der Waals surface area contributed by atoms with Gasteiger partial charge in [0.25, 0.3) is 0 Å². The molecule has 0 aliphatic carbocycles. The van der Waals surface area contributed by atoms with Crippen molar-refractivity contribution < 1.29 is 19.4 Å². The van der Waals surface area contributed by atoms with Gasteiger partial charge in [-0.1, -0.05) is 11.6 Å². The van der Waals surface area contributed by atoms with Crippen LogP contribution in [0.1, 0.15) is 17.7 Å². The first-order valence-electron chi connectivity index (χ1n) is 6.54. The Balaban J connectivity index is 1.90. The Bertz CT molecular complexity index is 549. The molecule has 0 saturated carbocycles. The van der Waals surface area contributed by atoms with Crippen LogP contribution in [0.2, 0.25) is 4.34 Å². The van der Waals surface area contributed by atoms with Crippen LogP contribution in [-0.2, 0) is 14.3 Å². The van der Waals surface area contributed by atoms with Crippen molar-refractivity contribution in [1.82, 2.24) is 5.32 Å². The Morgan fingerprint density at radius 3 is 2.71 bits per heavy atom. The molecule has 2 heterocycles. The number of amides is 1. The number of halogens is 1. The second-order valence-electron chi connectivity index (χ2n) is 4.89. The number of nitrogens with one attached hydrogen (secondary N) is 1. The highest BCUT2D eigenvalue weighted by molar-refractivity contribution is 7.17. The van der Waals surface area contributed by atoms with Crippen LogP contribution in [-0.4, -0.2) is 36.7 Å². The van der Waals surface area contributed by atoms with E-state index >= 15 is 0 Å². The average Bonchev–Trinajstić information content (AvgIpc) is 2.89. The zero-order chi connectivity index (χ0) is 15.3. The maximum atomic E-state index is 11.8. The number of hydrogen-bond acceptors (Lipinski definition) is 4. The van der Waals surface area contributed by atoms with Crippen molar-refractivity contribution in [3.63, 3.8) is 0 Å². The minimum atomic E-state index is -0.923. The molecule has 2 N–H and O–H groups in total. The van der Waals surface area contributed by atoms with E-state index in [0.717, 1.165) is 4.88 Å². The third-order valence-electron chi connectivity index (χ3n) is 3.50. The van der Waals surface area contributed by atoms with Gasteiger partial charge in [0.2, 0.25) is 5.91 Å². The highest BCUT2D eigenvalue weighted by Gasteiger charge is 2.40. The molecule has 0 radical (unpaired) electrons. The number of aliphatic carboxylic acids is 1. The van der Waals surface area contributed by atoms with Crippen LogP contribution in [0.4, 0.5) is 0 Å². The quantitative estimate of drug-likeness (QED) is 0.813. The van der Waals surface area contributed by atoms with Crippen LogP contribution in [0, 0.1) is 5.41 Å². The molecule has 1 amide bonds. The van der Waals surface area contributed by atoms with Gasteiger partial charge < -0.3 is 15.2 Å². The monoisotopic (exact) mass is 329 g/mol. The summed E-state index contributed by atoms with van der Waals surface area (Å²) in [5.74, 6) is -1.20. The Labute approximate surface area is 131 Å². The molecule has 114 valence electrons. The summed E-state index contributed by atoms with van der Waals surface area (Å²) in [6.45, 7) is 0.928. The third-order valence-corrected chi connectivity index (χ3v) is 4.69. The van der Waals surface area contributed by atoms with E-state index < -0.39 is 11.4 Å². The number of carbonyl (C=O) groups excluding carboxylic acids is 1. The molecule has 1 fully saturated rings. The molecule has 1 aromatic rings. The van der Waals surface area contributed by atoms with Crippen molar-refractivity contribution >= 4 is 40.9 Å². The number of ether oxygens (including phenoxy) is 1. The molecule has 5 nitrogen and oxygen atoms in total. The fourth-order valence-electron chi connectivity index (χ4n) is 2.12. The number of hydrogen-bond donors (Lipinski definition) is 2. The van der Waals surface area contributed by atoms with E-state index in [9.17, 15) is 14.7 Å². The molecule has 1 aliphatic rings. The van der Waals surface area contributed by atoms with Crippen LogP contribution in [0.3, 0.4) is 0 Å². The number of rotatable bonds is 5. The van der Waals surface area contributed by atoms with Gasteiger partial charge >= 0.3 is 5.97 Å². The average molecular weight is 330 g/mol. The highest BCUT2D eigenvalue weighted by atomic mass is 35.5. The molecule has 0 unspecified atom stereocenters. The van der Waals surface area contributed by atoms with Gasteiger partial charge in [-0.3, -0.25) is 9.59 Å². The molecule has 1 saturated heterocycles. The maximum absolute atomic E-state index is 11.8. The molecule has 0 aromatic carbocycles. The predicted octanol–water partition coefficient (Wildman–Crippen LogP) is 2.41. The zero-order valence-corrected chi connectivity index (χ0v) is 12.9. The molecule has 0 spiro atoms. The van der Waals surface area contributed by atoms with Gasteiger partial charge in [0.05, 0.1) is 9.75 Å². The number of carboxylic acid groups (broad SMARTS) is 1. The van der Waals surface area contributed by atoms with E-state index in [1.165, 1.54) is 17.4 Å². The van der Waals surface area contributed by atoms with E-state index in [2.05, 4.69) is 5.32 Å². The van der Waals surface area contributed by atoms with E-state index in [-0.39, 0.29) is 12.5 Å². The smallest absolute Gasteiger partial charge is 0.311 e. The normalized spacial score (nSPS) is 17.8. The van der Waals surface area contributed by atoms with Crippen molar-refractivity contribution in [2.75, 3.05) is 19.8 Å². The lowest BCUT2D eigenvalue weighted by atomic mass is 9.80. The van der Waals surface area contributed by atoms with E-state index in [0.29, 0.717) is 30.4 Å². The summed E-state index contributed by atoms with van der Waals surface area (Å²) in [5.41, 5.74) is -0.923. The summed E-state index contributed by atoms with van der Waals surface area (Å²) in [7, 11) is 0. The van der Waals surface area contributed by atoms with Crippen molar-refractivity contribution in [2.24, 2.45) is 5.41 Å². The van der Waals surface area contributed by atoms with Crippen molar-refractivity contribution in [3.8, 4) is 0 Å². The van der Waals surface area contributed by atoms with Gasteiger partial charge in [-0.25, -0.2) is 0 Å². The molecule has 7 heteroatoms. The Hall–Kier alpha value is -1.37. The Morgan fingerprint density at radius 2 is 2.14 bits per heavy atom. The third kappa shape index (κ3) is 4.30. The van der Waals surface area contributed by atoms with Gasteiger partial charge in [0.15, 0.2) is 0 Å². The summed E-state index contributed by atoms with van der Waals surface area (Å²) in [4.78, 5) is 24.1. The van der Waals surface area contributed by atoms with E-state index in [4.69, 9.17) is 16.3 Å². The van der Waals surface area contributed by atoms with Gasteiger partial charge in [-0.15, -0.1) is 11.3 Å². The van der Waals surface area contributed by atoms with Gasteiger partial charge in [0, 0.05) is 30.7 Å². The van der Waals surface area contributed by atoms with Gasteiger partial charge in [0.1, 0.15) is 0 Å². The fraction of sp³-hybridized carbons (Fsp3) is 0.429. The standard InChI is InChI=1S/C14H16ClNO4S/c15-11-3-1-10(21-11)2-4-12(17)16-9-14(13(18)19)5-7-20-8-6-14/h1-4H,5-9H2,(H,16,17)(H,18,19)/b4-2+. The lowest BCUT2D eigenvalue weighted by Crippen LogP contribution is -2.46. The van der Waals surface area contributed by atoms with Crippen molar-refractivity contribution in [2.45, 2.75) is 12.8 Å². The molecule has 2 rings (SSSR count). The molecule has 0 atom stereocenters. The van der Waals surface area contributed by atoms with Crippen molar-refractivity contribution in [1.29, 1.82) is 0 Å². The number of thiophene rings is 1. The summed E-state index contributed by atoms with van der Waals surface area (Å²) in [6, 6.07) is 3.57. The summed E-state index contributed by atoms with van der Waals surface area (Å²) in [5, 5.41) is 12.0. The van der Waals surface area contributed by atoms with Gasteiger partial charge in [-0.2, -0.15) is 0 Å². The highest BCUT2D eigenvalue weighted by Crippen LogP contribution is 2.30. The minimum absolute atomic E-state index is 0.111.